The Hall–Kier alpha value is -3.44. The maximum absolute atomic E-state index is 11.4. The largest absolute Gasteiger partial charge is 0.481 e. The van der Waals surface area contributed by atoms with Crippen molar-refractivity contribution < 1.29 is 24.1 Å². The number of benzene rings is 1. The summed E-state index contributed by atoms with van der Waals surface area (Å²) < 4.78 is 18.4. The molecule has 11 nitrogen and oxygen atoms in total. The fraction of sp³-hybridized carbons (Fsp3) is 0.520. The summed E-state index contributed by atoms with van der Waals surface area (Å²) >= 11 is 0. The highest BCUT2D eigenvalue weighted by Crippen LogP contribution is 2.26. The van der Waals surface area contributed by atoms with Crippen LogP contribution in [0.4, 0.5) is 5.82 Å². The molecule has 0 saturated carbocycles. The molecule has 0 radical (unpaired) electrons. The van der Waals surface area contributed by atoms with E-state index >= 15 is 0 Å². The van der Waals surface area contributed by atoms with Gasteiger partial charge < -0.3 is 25.1 Å². The SMILES string of the molecule is CCCCOc1nc(N)c2nc(OC)n(CCN(CCOC)Cc3cccc(C(C)C(=O)O)c3)c2n1. The van der Waals surface area contributed by atoms with Crippen molar-refractivity contribution >= 4 is 23.0 Å². The van der Waals surface area contributed by atoms with E-state index in [4.69, 9.17) is 19.9 Å². The monoisotopic (exact) mass is 500 g/mol. The number of aliphatic carboxylic acids is 1. The first kappa shape index (κ1) is 27.2. The average Bonchev–Trinajstić information content (AvgIpc) is 3.23. The highest BCUT2D eigenvalue weighted by Gasteiger charge is 2.19. The molecule has 2 aromatic heterocycles. The number of hydrogen-bond acceptors (Lipinski definition) is 9. The van der Waals surface area contributed by atoms with Crippen molar-refractivity contribution in [2.45, 2.75) is 45.7 Å². The molecule has 0 aliphatic heterocycles. The lowest BCUT2D eigenvalue weighted by Crippen LogP contribution is -2.30. The molecule has 0 bridgehead atoms. The normalized spacial score (nSPS) is 12.2. The lowest BCUT2D eigenvalue weighted by atomic mass is 9.99. The van der Waals surface area contributed by atoms with Crippen LogP contribution in [0, 0.1) is 0 Å². The number of carboxylic acids is 1. The molecule has 3 aromatic rings. The highest BCUT2D eigenvalue weighted by atomic mass is 16.5. The van der Waals surface area contributed by atoms with Crippen LogP contribution in [0.1, 0.15) is 43.7 Å². The van der Waals surface area contributed by atoms with E-state index < -0.39 is 11.9 Å². The molecule has 3 rings (SSSR count). The second kappa shape index (κ2) is 13.0. The fourth-order valence-electron chi connectivity index (χ4n) is 3.80. The number of carboxylic acid groups (broad SMARTS) is 1. The topological polar surface area (TPSA) is 138 Å². The molecule has 196 valence electrons. The van der Waals surface area contributed by atoms with Crippen LogP contribution in [0.5, 0.6) is 12.0 Å². The van der Waals surface area contributed by atoms with Crippen LogP contribution < -0.4 is 15.2 Å². The molecule has 1 atom stereocenters. The van der Waals surface area contributed by atoms with Crippen LogP contribution in [0.3, 0.4) is 0 Å². The first-order valence-electron chi connectivity index (χ1n) is 12.1. The molecule has 1 unspecified atom stereocenters. The van der Waals surface area contributed by atoms with Gasteiger partial charge >= 0.3 is 12.0 Å². The number of anilines is 1. The maximum atomic E-state index is 11.4. The van der Waals surface area contributed by atoms with Crippen LogP contribution in [0.15, 0.2) is 24.3 Å². The third-order valence-electron chi connectivity index (χ3n) is 5.96. The van der Waals surface area contributed by atoms with Gasteiger partial charge in [0, 0.05) is 33.3 Å². The van der Waals surface area contributed by atoms with E-state index in [-0.39, 0.29) is 11.8 Å². The van der Waals surface area contributed by atoms with Gasteiger partial charge in [-0.15, -0.1) is 0 Å². The van der Waals surface area contributed by atoms with Gasteiger partial charge in [-0.25, -0.2) is 0 Å². The molecule has 0 saturated heterocycles. The van der Waals surface area contributed by atoms with E-state index in [0.717, 1.165) is 24.0 Å². The molecule has 36 heavy (non-hydrogen) atoms. The van der Waals surface area contributed by atoms with Crippen molar-refractivity contribution in [3.8, 4) is 12.0 Å². The molecule has 0 spiro atoms. The third-order valence-corrected chi connectivity index (χ3v) is 5.96. The van der Waals surface area contributed by atoms with Crippen molar-refractivity contribution in [1.29, 1.82) is 0 Å². The van der Waals surface area contributed by atoms with Crippen molar-refractivity contribution in [3.63, 3.8) is 0 Å². The summed E-state index contributed by atoms with van der Waals surface area (Å²) in [6.07, 6.45) is 1.89. The van der Waals surface area contributed by atoms with Gasteiger partial charge in [0.1, 0.15) is 0 Å². The summed E-state index contributed by atoms with van der Waals surface area (Å²) in [7, 11) is 3.22. The number of fused-ring (bicyclic) bond motifs is 1. The van der Waals surface area contributed by atoms with E-state index in [0.29, 0.717) is 56.6 Å². The number of unbranched alkanes of at least 4 members (excludes halogenated alkanes) is 1. The number of hydrogen-bond donors (Lipinski definition) is 2. The molecule has 11 heteroatoms. The maximum Gasteiger partial charge on any atom is 0.320 e. The molecular formula is C25H36N6O5. The van der Waals surface area contributed by atoms with Gasteiger partial charge in [0.25, 0.3) is 6.01 Å². The summed E-state index contributed by atoms with van der Waals surface area (Å²) in [4.78, 5) is 26.9. The number of aromatic nitrogens is 4. The van der Waals surface area contributed by atoms with E-state index in [1.165, 1.54) is 0 Å². The van der Waals surface area contributed by atoms with E-state index in [9.17, 15) is 9.90 Å². The Bertz CT molecular complexity index is 1150. The van der Waals surface area contributed by atoms with Crippen LogP contribution in [-0.2, 0) is 22.6 Å². The number of rotatable bonds is 15. The van der Waals surface area contributed by atoms with Crippen LogP contribution in [0.25, 0.3) is 11.2 Å². The number of nitrogens with zero attached hydrogens (tertiary/aromatic N) is 5. The Kier molecular flexibility index (Phi) is 9.83. The number of nitrogen functional groups attached to an aromatic ring is 1. The van der Waals surface area contributed by atoms with Gasteiger partial charge in [0.05, 0.1) is 26.2 Å². The van der Waals surface area contributed by atoms with E-state index in [1.54, 1.807) is 21.1 Å². The lowest BCUT2D eigenvalue weighted by molar-refractivity contribution is -0.138. The quantitative estimate of drug-likeness (QED) is 0.300. The number of nitrogens with two attached hydrogens (primary N) is 1. The minimum Gasteiger partial charge on any atom is -0.481 e. The lowest BCUT2D eigenvalue weighted by Gasteiger charge is -2.23. The van der Waals surface area contributed by atoms with Crippen LogP contribution in [0.2, 0.25) is 0 Å². The first-order chi connectivity index (χ1) is 17.4. The summed E-state index contributed by atoms with van der Waals surface area (Å²) in [5, 5.41) is 9.37. The van der Waals surface area contributed by atoms with Crippen LogP contribution in [-0.4, -0.2) is 76.0 Å². The molecule has 1 aromatic carbocycles. The minimum atomic E-state index is -0.846. The predicted octanol–water partition coefficient (Wildman–Crippen LogP) is 2.93. The van der Waals surface area contributed by atoms with Gasteiger partial charge in [-0.05, 0) is 24.5 Å². The smallest absolute Gasteiger partial charge is 0.320 e. The molecule has 0 aliphatic carbocycles. The zero-order chi connectivity index (χ0) is 26.1. The predicted molar refractivity (Wildman–Crippen MR) is 136 cm³/mol. The number of carbonyl (C=O) groups is 1. The number of imidazole rings is 1. The molecule has 3 N–H and O–H groups in total. The number of methoxy groups -OCH3 is 2. The second-order valence-electron chi connectivity index (χ2n) is 8.59. The van der Waals surface area contributed by atoms with E-state index in [1.807, 2.05) is 28.8 Å². The molecular weight excluding hydrogens is 464 g/mol. The summed E-state index contributed by atoms with van der Waals surface area (Å²) in [6, 6.07) is 8.29. The van der Waals surface area contributed by atoms with Gasteiger partial charge in [-0.2, -0.15) is 15.0 Å². The Balaban J connectivity index is 1.82. The Labute approximate surface area is 211 Å². The molecule has 2 heterocycles. The van der Waals surface area contributed by atoms with Crippen LogP contribution >= 0.6 is 0 Å². The third kappa shape index (κ3) is 6.82. The zero-order valence-electron chi connectivity index (χ0n) is 21.4. The summed E-state index contributed by atoms with van der Waals surface area (Å²) in [6.45, 7) is 7.32. The number of ether oxygens (including phenoxy) is 3. The first-order valence-corrected chi connectivity index (χ1v) is 12.1. The molecule has 0 fully saturated rings. The zero-order valence-corrected chi connectivity index (χ0v) is 21.4. The van der Waals surface area contributed by atoms with Gasteiger partial charge in [-0.3, -0.25) is 14.3 Å². The highest BCUT2D eigenvalue weighted by molar-refractivity contribution is 5.83. The standard InChI is InChI=1S/C25H36N6O5/c1-5-6-13-36-24-28-21(26)20-22(29-24)31(25(27-20)35-4)11-10-30(12-14-34-3)16-18-8-7-9-19(15-18)17(2)23(32)33/h7-9,15,17H,5-6,10-14,16H2,1-4H3,(H,32,33)(H2,26,28,29). The molecule has 0 amide bonds. The summed E-state index contributed by atoms with van der Waals surface area (Å²) in [5.74, 6) is -1.18. The van der Waals surface area contributed by atoms with Gasteiger partial charge in [0.2, 0.25) is 0 Å². The van der Waals surface area contributed by atoms with Crippen molar-refractivity contribution in [2.75, 3.05) is 46.3 Å². The Morgan fingerprint density at radius 1 is 1.19 bits per heavy atom. The average molecular weight is 501 g/mol. The summed E-state index contributed by atoms with van der Waals surface area (Å²) in [5.41, 5.74) is 8.97. The van der Waals surface area contributed by atoms with Crippen molar-refractivity contribution in [1.82, 2.24) is 24.4 Å². The van der Waals surface area contributed by atoms with Gasteiger partial charge in [-0.1, -0.05) is 37.6 Å². The van der Waals surface area contributed by atoms with E-state index in [2.05, 4.69) is 26.8 Å². The Morgan fingerprint density at radius 3 is 2.69 bits per heavy atom. The minimum absolute atomic E-state index is 0.220. The molecule has 0 aliphatic rings. The second-order valence-corrected chi connectivity index (χ2v) is 8.59. The van der Waals surface area contributed by atoms with Crippen molar-refractivity contribution in [3.05, 3.63) is 35.4 Å². The Morgan fingerprint density at radius 2 is 2.00 bits per heavy atom. The fourth-order valence-corrected chi connectivity index (χ4v) is 3.80. The van der Waals surface area contributed by atoms with Crippen molar-refractivity contribution in [2.24, 2.45) is 0 Å². The van der Waals surface area contributed by atoms with Gasteiger partial charge in [0.15, 0.2) is 17.0 Å².